The lowest BCUT2D eigenvalue weighted by molar-refractivity contribution is 0.428. The molecule has 0 aromatic carbocycles. The van der Waals surface area contributed by atoms with Crippen LogP contribution in [0.25, 0.3) is 0 Å². The Bertz CT molecular complexity index is 350. The molecule has 0 amide bonds. The molecule has 0 saturated carbocycles. The van der Waals surface area contributed by atoms with E-state index in [9.17, 15) is 0 Å². The van der Waals surface area contributed by atoms with Crippen molar-refractivity contribution >= 4 is 0 Å². The van der Waals surface area contributed by atoms with E-state index >= 15 is 0 Å². The molecular weight excluding hydrogens is 210 g/mol. The zero-order valence-electron chi connectivity index (χ0n) is 12.2. The third kappa shape index (κ3) is 4.19. The normalized spacial score (nSPS) is 12.4. The van der Waals surface area contributed by atoms with Gasteiger partial charge in [0.1, 0.15) is 11.5 Å². The van der Waals surface area contributed by atoms with Crippen LogP contribution in [0.1, 0.15) is 51.2 Å². The van der Waals surface area contributed by atoms with Gasteiger partial charge in [0.2, 0.25) is 0 Å². The van der Waals surface area contributed by atoms with Gasteiger partial charge in [-0.05, 0) is 56.3 Å². The summed E-state index contributed by atoms with van der Waals surface area (Å²) in [5, 5.41) is 3.51. The summed E-state index contributed by atoms with van der Waals surface area (Å²) in [7, 11) is 0. The van der Waals surface area contributed by atoms with Crippen LogP contribution in [0.5, 0.6) is 0 Å². The summed E-state index contributed by atoms with van der Waals surface area (Å²) in [5.41, 5.74) is 1.53. The largest absolute Gasteiger partial charge is 0.466 e. The summed E-state index contributed by atoms with van der Waals surface area (Å²) in [5.74, 6) is 2.80. The molecule has 0 aliphatic carbocycles. The van der Waals surface area contributed by atoms with Gasteiger partial charge in [-0.2, -0.15) is 0 Å². The van der Waals surface area contributed by atoms with Crippen molar-refractivity contribution in [2.45, 2.75) is 53.4 Å². The monoisotopic (exact) mass is 237 g/mol. The lowest BCUT2D eigenvalue weighted by Gasteiger charge is -2.24. The van der Waals surface area contributed by atoms with Crippen molar-refractivity contribution in [2.75, 3.05) is 13.1 Å². The molecule has 0 aliphatic heterocycles. The summed E-state index contributed by atoms with van der Waals surface area (Å²) in [4.78, 5) is 0. The Morgan fingerprint density at radius 1 is 1.29 bits per heavy atom. The molecule has 0 aliphatic rings. The van der Waals surface area contributed by atoms with Gasteiger partial charge in [0.25, 0.3) is 0 Å². The van der Waals surface area contributed by atoms with Crippen molar-refractivity contribution in [3.8, 4) is 0 Å². The molecule has 0 fully saturated rings. The van der Waals surface area contributed by atoms with Gasteiger partial charge in [0, 0.05) is 0 Å². The molecule has 1 aromatic heterocycles. The van der Waals surface area contributed by atoms with E-state index in [-0.39, 0.29) is 5.41 Å². The van der Waals surface area contributed by atoms with Gasteiger partial charge in [0.15, 0.2) is 0 Å². The highest BCUT2D eigenvalue weighted by molar-refractivity contribution is 5.28. The molecule has 0 saturated heterocycles. The highest BCUT2D eigenvalue weighted by Crippen LogP contribution is 2.31. The van der Waals surface area contributed by atoms with Crippen LogP contribution in [0.3, 0.4) is 0 Å². The number of nitrogens with one attached hydrogen (secondary N) is 1. The van der Waals surface area contributed by atoms with Crippen LogP contribution in [0.2, 0.25) is 0 Å². The fraction of sp³-hybridized carbons (Fsp3) is 0.733. The van der Waals surface area contributed by atoms with E-state index in [2.05, 4.69) is 46.0 Å². The third-order valence-corrected chi connectivity index (χ3v) is 3.25. The van der Waals surface area contributed by atoms with Gasteiger partial charge in [-0.15, -0.1) is 0 Å². The summed E-state index contributed by atoms with van der Waals surface area (Å²) in [6.45, 7) is 15.3. The Kier molecular flexibility index (Phi) is 4.81. The number of hydrogen-bond acceptors (Lipinski definition) is 2. The second-order valence-electron chi connectivity index (χ2n) is 6.06. The number of hydrogen-bond donors (Lipinski definition) is 1. The molecular formula is C15H27NO. The first-order valence-electron chi connectivity index (χ1n) is 6.61. The van der Waals surface area contributed by atoms with Crippen molar-refractivity contribution in [2.24, 2.45) is 5.92 Å². The van der Waals surface area contributed by atoms with Gasteiger partial charge in [-0.25, -0.2) is 0 Å². The van der Waals surface area contributed by atoms with E-state index in [4.69, 9.17) is 4.42 Å². The van der Waals surface area contributed by atoms with Gasteiger partial charge in [-0.1, -0.05) is 27.7 Å². The second kappa shape index (κ2) is 5.72. The third-order valence-electron chi connectivity index (χ3n) is 3.25. The van der Waals surface area contributed by atoms with Crippen LogP contribution in [-0.4, -0.2) is 13.1 Å². The van der Waals surface area contributed by atoms with Gasteiger partial charge in [0.05, 0.1) is 0 Å². The highest BCUT2D eigenvalue weighted by Gasteiger charge is 2.24. The van der Waals surface area contributed by atoms with Gasteiger partial charge in [-0.3, -0.25) is 0 Å². The first kappa shape index (κ1) is 14.3. The Labute approximate surface area is 106 Å². The maximum Gasteiger partial charge on any atom is 0.104 e. The van der Waals surface area contributed by atoms with Crippen molar-refractivity contribution in [1.82, 2.24) is 5.32 Å². The van der Waals surface area contributed by atoms with Gasteiger partial charge >= 0.3 is 0 Å². The Morgan fingerprint density at radius 2 is 1.94 bits per heavy atom. The minimum atomic E-state index is 0.186. The van der Waals surface area contributed by atoms with Crippen LogP contribution in [0.15, 0.2) is 10.5 Å². The quantitative estimate of drug-likeness (QED) is 0.761. The zero-order chi connectivity index (χ0) is 13.1. The average Bonchev–Trinajstić information content (AvgIpc) is 2.53. The van der Waals surface area contributed by atoms with Crippen molar-refractivity contribution < 1.29 is 4.42 Å². The molecule has 0 spiro atoms. The first-order valence-corrected chi connectivity index (χ1v) is 6.61. The molecule has 17 heavy (non-hydrogen) atoms. The molecule has 0 atom stereocenters. The molecule has 0 bridgehead atoms. The maximum atomic E-state index is 5.62. The molecule has 2 heteroatoms. The van der Waals surface area contributed by atoms with E-state index < -0.39 is 0 Å². The van der Waals surface area contributed by atoms with Gasteiger partial charge < -0.3 is 9.73 Å². The van der Waals surface area contributed by atoms with Crippen LogP contribution < -0.4 is 5.32 Å². The first-order chi connectivity index (χ1) is 7.83. The fourth-order valence-electron chi connectivity index (χ4n) is 2.23. The molecule has 1 aromatic rings. The molecule has 98 valence electrons. The van der Waals surface area contributed by atoms with Crippen molar-refractivity contribution in [3.63, 3.8) is 0 Å². The fourth-order valence-corrected chi connectivity index (χ4v) is 2.23. The predicted octanol–water partition coefficient (Wildman–Crippen LogP) is 3.81. The summed E-state index contributed by atoms with van der Waals surface area (Å²) in [6.07, 6.45) is 1.14. The van der Waals surface area contributed by atoms with E-state index in [1.54, 1.807) is 0 Å². The zero-order valence-corrected chi connectivity index (χ0v) is 12.2. The predicted molar refractivity (Wildman–Crippen MR) is 73.5 cm³/mol. The number of aryl methyl sites for hydroxylation is 2. The molecule has 0 unspecified atom stereocenters. The minimum Gasteiger partial charge on any atom is -0.466 e. The molecule has 2 nitrogen and oxygen atoms in total. The number of rotatable bonds is 6. The standard InChI is InChI=1S/C15H27NO/c1-11(2)10-16-8-7-15(5,6)14-9-12(3)17-13(14)4/h9,11,16H,7-8,10H2,1-6H3. The number of furan rings is 1. The smallest absolute Gasteiger partial charge is 0.104 e. The highest BCUT2D eigenvalue weighted by atomic mass is 16.3. The van der Waals surface area contributed by atoms with E-state index in [0.717, 1.165) is 36.9 Å². The minimum absolute atomic E-state index is 0.186. The van der Waals surface area contributed by atoms with Crippen LogP contribution in [-0.2, 0) is 5.41 Å². The second-order valence-corrected chi connectivity index (χ2v) is 6.06. The Hall–Kier alpha value is -0.760. The summed E-state index contributed by atoms with van der Waals surface area (Å²) < 4.78 is 5.62. The van der Waals surface area contributed by atoms with Crippen LogP contribution in [0.4, 0.5) is 0 Å². The molecule has 1 heterocycles. The topological polar surface area (TPSA) is 25.2 Å². The van der Waals surface area contributed by atoms with Crippen molar-refractivity contribution in [3.05, 3.63) is 23.2 Å². The van der Waals surface area contributed by atoms with Crippen molar-refractivity contribution in [1.29, 1.82) is 0 Å². The van der Waals surface area contributed by atoms with E-state index in [1.165, 1.54) is 5.56 Å². The lowest BCUT2D eigenvalue weighted by atomic mass is 9.81. The molecule has 1 rings (SSSR count). The Balaban J connectivity index is 2.53. The van der Waals surface area contributed by atoms with Crippen LogP contribution >= 0.6 is 0 Å². The molecule has 0 radical (unpaired) electrons. The Morgan fingerprint density at radius 3 is 2.41 bits per heavy atom. The maximum absolute atomic E-state index is 5.62. The summed E-state index contributed by atoms with van der Waals surface area (Å²) in [6, 6.07) is 2.18. The SMILES string of the molecule is Cc1cc(C(C)(C)CCNCC(C)C)c(C)o1. The van der Waals surface area contributed by atoms with E-state index in [1.807, 2.05) is 6.92 Å². The summed E-state index contributed by atoms with van der Waals surface area (Å²) >= 11 is 0. The average molecular weight is 237 g/mol. The molecule has 1 N–H and O–H groups in total. The lowest BCUT2D eigenvalue weighted by Crippen LogP contribution is -2.27. The van der Waals surface area contributed by atoms with E-state index in [0.29, 0.717) is 0 Å². The van der Waals surface area contributed by atoms with Crippen LogP contribution in [0, 0.1) is 19.8 Å².